The fraction of sp³-hybridized carbons (Fsp3) is 0.680. The number of nitrogens with zero attached hydrogens (tertiary/aromatic N) is 2. The molecule has 0 aliphatic heterocycles. The topological polar surface area (TPSA) is 169 Å². The summed E-state index contributed by atoms with van der Waals surface area (Å²) >= 11 is 0. The molecule has 0 saturated carbocycles. The van der Waals surface area contributed by atoms with Crippen LogP contribution in [0, 0.1) is 0 Å². The predicted octanol–water partition coefficient (Wildman–Crippen LogP) is 2.68. The summed E-state index contributed by atoms with van der Waals surface area (Å²) in [5.74, 6) is -1.80. The van der Waals surface area contributed by atoms with Gasteiger partial charge in [-0.05, 0) is 60.8 Å². The Hall–Kier alpha value is -3.64. The SMILES string of the molecule is CC(C)(C)OC(=O)NCCCN(CCCNC(=O)OC(C)(C)C)C(=O)CCCC(=O)On1c(O)ccc1O. The van der Waals surface area contributed by atoms with Gasteiger partial charge in [-0.15, -0.1) is 4.73 Å². The van der Waals surface area contributed by atoms with Crippen LogP contribution in [0.25, 0.3) is 0 Å². The minimum Gasteiger partial charge on any atom is -0.492 e. The standard InChI is InChI=1S/C25H42N4O9/c1-24(2,3)36-22(34)26-14-8-16-28(17-9-15-27-23(35)37-25(4,5)6)18(30)10-7-11-21(33)38-29-19(31)12-13-20(29)32/h12-13,31-32H,7-11,14-17H2,1-6H3,(H,26,34)(H,27,35). The van der Waals surface area contributed by atoms with Gasteiger partial charge < -0.3 is 40.1 Å². The third-order valence-corrected chi connectivity index (χ3v) is 4.66. The number of aromatic hydroxyl groups is 2. The molecule has 1 aromatic rings. The van der Waals surface area contributed by atoms with Gasteiger partial charge in [0.25, 0.3) is 0 Å². The van der Waals surface area contributed by atoms with E-state index in [1.807, 2.05) is 0 Å². The third kappa shape index (κ3) is 14.2. The second-order valence-electron chi connectivity index (χ2n) is 10.6. The quantitative estimate of drug-likeness (QED) is 0.274. The molecule has 0 spiro atoms. The zero-order valence-electron chi connectivity index (χ0n) is 23.2. The number of aromatic nitrogens is 1. The fourth-order valence-electron chi connectivity index (χ4n) is 3.10. The van der Waals surface area contributed by atoms with Crippen LogP contribution in [0.2, 0.25) is 0 Å². The van der Waals surface area contributed by atoms with E-state index in [0.717, 1.165) is 0 Å². The molecular formula is C25H42N4O9. The Morgan fingerprint density at radius 1 is 0.789 bits per heavy atom. The van der Waals surface area contributed by atoms with Crippen molar-refractivity contribution < 1.29 is 43.7 Å². The Kier molecular flexibility index (Phi) is 12.7. The van der Waals surface area contributed by atoms with Crippen molar-refractivity contribution in [2.24, 2.45) is 0 Å². The Balaban J connectivity index is 2.54. The summed E-state index contributed by atoms with van der Waals surface area (Å²) in [5.41, 5.74) is -1.24. The van der Waals surface area contributed by atoms with E-state index in [4.69, 9.17) is 14.3 Å². The van der Waals surface area contributed by atoms with Crippen LogP contribution in [0.5, 0.6) is 11.8 Å². The average molecular weight is 543 g/mol. The molecule has 13 heteroatoms. The normalized spacial score (nSPS) is 11.4. The van der Waals surface area contributed by atoms with Crippen LogP contribution in [-0.4, -0.2) is 81.3 Å². The van der Waals surface area contributed by atoms with E-state index < -0.39 is 41.1 Å². The van der Waals surface area contributed by atoms with E-state index in [1.54, 1.807) is 46.4 Å². The third-order valence-electron chi connectivity index (χ3n) is 4.66. The van der Waals surface area contributed by atoms with Crippen molar-refractivity contribution in [1.29, 1.82) is 0 Å². The highest BCUT2D eigenvalue weighted by atomic mass is 16.7. The lowest BCUT2D eigenvalue weighted by Crippen LogP contribution is -2.38. The van der Waals surface area contributed by atoms with Crippen molar-refractivity contribution in [2.75, 3.05) is 26.2 Å². The number of hydrogen-bond acceptors (Lipinski definition) is 9. The van der Waals surface area contributed by atoms with Gasteiger partial charge in [-0.1, -0.05) is 0 Å². The van der Waals surface area contributed by atoms with Crippen molar-refractivity contribution in [2.45, 2.75) is 84.8 Å². The second kappa shape index (κ2) is 14.9. The number of carbonyl (C=O) groups excluding carboxylic acids is 4. The van der Waals surface area contributed by atoms with Gasteiger partial charge in [-0.25, -0.2) is 14.4 Å². The first-order valence-electron chi connectivity index (χ1n) is 12.6. The minimum atomic E-state index is -0.728. The Labute approximate surface area is 223 Å². The molecule has 0 radical (unpaired) electrons. The van der Waals surface area contributed by atoms with Crippen LogP contribution in [0.4, 0.5) is 9.59 Å². The number of rotatable bonds is 13. The van der Waals surface area contributed by atoms with Crippen LogP contribution in [-0.2, 0) is 19.1 Å². The molecule has 1 heterocycles. The molecule has 1 aromatic heterocycles. The van der Waals surface area contributed by atoms with Crippen molar-refractivity contribution in [1.82, 2.24) is 20.3 Å². The Morgan fingerprint density at radius 2 is 1.24 bits per heavy atom. The van der Waals surface area contributed by atoms with Crippen molar-refractivity contribution in [3.8, 4) is 11.8 Å². The molecule has 0 aromatic carbocycles. The molecule has 0 saturated heterocycles. The average Bonchev–Trinajstić information content (AvgIpc) is 3.07. The first-order valence-corrected chi connectivity index (χ1v) is 12.6. The van der Waals surface area contributed by atoms with Crippen LogP contribution in [0.15, 0.2) is 12.1 Å². The number of nitrogens with one attached hydrogen (secondary N) is 2. The smallest absolute Gasteiger partial charge is 0.407 e. The summed E-state index contributed by atoms with van der Waals surface area (Å²) in [6, 6.07) is 2.33. The highest BCUT2D eigenvalue weighted by molar-refractivity contribution is 5.77. The molecule has 3 amide bonds. The van der Waals surface area contributed by atoms with Gasteiger partial charge in [0.05, 0.1) is 0 Å². The van der Waals surface area contributed by atoms with E-state index in [2.05, 4.69) is 10.6 Å². The van der Waals surface area contributed by atoms with Gasteiger partial charge in [0.2, 0.25) is 17.7 Å². The fourth-order valence-corrected chi connectivity index (χ4v) is 3.10. The van der Waals surface area contributed by atoms with E-state index in [-0.39, 0.29) is 25.2 Å². The van der Waals surface area contributed by atoms with E-state index in [0.29, 0.717) is 43.8 Å². The molecule has 0 atom stereocenters. The lowest BCUT2D eigenvalue weighted by molar-refractivity contribution is -0.145. The summed E-state index contributed by atoms with van der Waals surface area (Å²) < 4.78 is 11.0. The van der Waals surface area contributed by atoms with Crippen LogP contribution in [0.1, 0.15) is 73.6 Å². The second-order valence-corrected chi connectivity index (χ2v) is 10.6. The highest BCUT2D eigenvalue weighted by Crippen LogP contribution is 2.19. The zero-order chi connectivity index (χ0) is 28.9. The molecular weight excluding hydrogens is 500 g/mol. The number of alkyl carbamates (subject to hydrolysis) is 2. The maximum absolute atomic E-state index is 12.8. The number of hydrogen-bond donors (Lipinski definition) is 4. The molecule has 38 heavy (non-hydrogen) atoms. The molecule has 0 bridgehead atoms. The van der Waals surface area contributed by atoms with E-state index in [9.17, 15) is 29.4 Å². The molecule has 1 rings (SSSR count). The maximum Gasteiger partial charge on any atom is 0.407 e. The maximum atomic E-state index is 12.8. The number of amides is 3. The molecule has 0 fully saturated rings. The predicted molar refractivity (Wildman–Crippen MR) is 137 cm³/mol. The lowest BCUT2D eigenvalue weighted by atomic mass is 10.2. The minimum absolute atomic E-state index is 0.0533. The van der Waals surface area contributed by atoms with Crippen molar-refractivity contribution in [3.63, 3.8) is 0 Å². The van der Waals surface area contributed by atoms with E-state index >= 15 is 0 Å². The van der Waals surface area contributed by atoms with Gasteiger partial charge in [-0.3, -0.25) is 4.79 Å². The molecule has 216 valence electrons. The van der Waals surface area contributed by atoms with Gasteiger partial charge >= 0.3 is 18.2 Å². The largest absolute Gasteiger partial charge is 0.492 e. The summed E-state index contributed by atoms with van der Waals surface area (Å²) in [5, 5.41) is 24.4. The highest BCUT2D eigenvalue weighted by Gasteiger charge is 2.19. The van der Waals surface area contributed by atoms with Crippen LogP contribution < -0.4 is 15.5 Å². The van der Waals surface area contributed by atoms with Crippen LogP contribution >= 0.6 is 0 Å². The molecule has 4 N–H and O–H groups in total. The van der Waals surface area contributed by atoms with Gasteiger partial charge in [0, 0.05) is 51.2 Å². The Bertz CT molecular complexity index is 877. The first kappa shape index (κ1) is 32.4. The van der Waals surface area contributed by atoms with Gasteiger partial charge in [0.1, 0.15) is 11.2 Å². The summed E-state index contributed by atoms with van der Waals surface area (Å²) in [6.45, 7) is 11.9. The van der Waals surface area contributed by atoms with Crippen molar-refractivity contribution in [3.05, 3.63) is 12.1 Å². The molecule has 0 aliphatic rings. The van der Waals surface area contributed by atoms with Gasteiger partial charge in [-0.2, -0.15) is 0 Å². The first-order chi connectivity index (χ1) is 17.6. The summed E-state index contributed by atoms with van der Waals surface area (Å²) in [7, 11) is 0. The number of ether oxygens (including phenoxy) is 2. The van der Waals surface area contributed by atoms with Gasteiger partial charge in [0.15, 0.2) is 0 Å². The Morgan fingerprint density at radius 3 is 1.66 bits per heavy atom. The molecule has 0 aliphatic carbocycles. The summed E-state index contributed by atoms with van der Waals surface area (Å²) in [4.78, 5) is 55.0. The van der Waals surface area contributed by atoms with E-state index in [1.165, 1.54) is 12.1 Å². The monoisotopic (exact) mass is 542 g/mol. The zero-order valence-corrected chi connectivity index (χ0v) is 23.2. The molecule has 13 nitrogen and oxygen atoms in total. The lowest BCUT2D eigenvalue weighted by Gasteiger charge is -2.24. The molecule has 0 unspecified atom stereocenters. The summed E-state index contributed by atoms with van der Waals surface area (Å²) in [6.07, 6.45) is -0.0273. The van der Waals surface area contributed by atoms with Crippen LogP contribution in [0.3, 0.4) is 0 Å². The number of carbonyl (C=O) groups is 4. The van der Waals surface area contributed by atoms with Crippen molar-refractivity contribution >= 4 is 24.1 Å².